The maximum atomic E-state index is 11.9. The molecule has 96 valence electrons. The Labute approximate surface area is 112 Å². The number of aryl methyl sites for hydroxylation is 2. The van der Waals surface area contributed by atoms with Crippen LogP contribution in [0.2, 0.25) is 0 Å². The van der Waals surface area contributed by atoms with Gasteiger partial charge in [0.05, 0.1) is 11.9 Å². The van der Waals surface area contributed by atoms with Gasteiger partial charge in [-0.15, -0.1) is 5.10 Å². The van der Waals surface area contributed by atoms with Crippen LogP contribution < -0.4 is 5.32 Å². The average molecular weight is 274 g/mol. The van der Waals surface area contributed by atoms with Gasteiger partial charge in [0.15, 0.2) is 0 Å². The Bertz CT molecular complexity index is 747. The molecule has 3 rings (SSSR count). The van der Waals surface area contributed by atoms with Crippen molar-refractivity contribution in [1.29, 1.82) is 0 Å². The third-order valence-electron chi connectivity index (χ3n) is 2.67. The molecule has 3 aromatic heterocycles. The third-order valence-corrected chi connectivity index (χ3v) is 3.72. The van der Waals surface area contributed by atoms with E-state index in [0.717, 1.165) is 15.5 Å². The van der Waals surface area contributed by atoms with Gasteiger partial charge in [-0.2, -0.15) is 4.98 Å². The minimum Gasteiger partial charge on any atom is -0.288 e. The van der Waals surface area contributed by atoms with Gasteiger partial charge in [-0.1, -0.05) is 11.3 Å². The highest BCUT2D eigenvalue weighted by Crippen LogP contribution is 2.21. The van der Waals surface area contributed by atoms with Gasteiger partial charge < -0.3 is 0 Å². The van der Waals surface area contributed by atoms with Crippen LogP contribution in [0.25, 0.3) is 4.96 Å². The average Bonchev–Trinajstić information content (AvgIpc) is 2.91. The lowest BCUT2D eigenvalue weighted by atomic mass is 10.4. The lowest BCUT2D eigenvalue weighted by molar-refractivity contribution is 0.102. The summed E-state index contributed by atoms with van der Waals surface area (Å²) in [6.07, 6.45) is 4.36. The van der Waals surface area contributed by atoms with Gasteiger partial charge in [-0.3, -0.25) is 15.1 Å². The van der Waals surface area contributed by atoms with Crippen molar-refractivity contribution in [1.82, 2.24) is 24.6 Å². The minimum atomic E-state index is -0.374. The number of carbonyl (C=O) groups excluding carboxylic acids is 1. The van der Waals surface area contributed by atoms with Crippen LogP contribution in [0.15, 0.2) is 18.6 Å². The number of nitrogens with zero attached hydrogens (tertiary/aromatic N) is 5. The summed E-state index contributed by atoms with van der Waals surface area (Å²) in [5, 5.41) is 6.84. The highest BCUT2D eigenvalue weighted by molar-refractivity contribution is 7.17. The number of fused-ring (bicyclic) bond motifs is 1. The molecule has 0 aromatic carbocycles. The first-order valence-electron chi connectivity index (χ1n) is 5.55. The number of nitrogens with one attached hydrogen (secondary N) is 1. The zero-order valence-electron chi connectivity index (χ0n) is 10.3. The Morgan fingerprint density at radius 3 is 2.89 bits per heavy atom. The first-order chi connectivity index (χ1) is 9.15. The summed E-state index contributed by atoms with van der Waals surface area (Å²) in [5.74, 6) is -0.106. The predicted molar refractivity (Wildman–Crippen MR) is 70.3 cm³/mol. The van der Waals surface area contributed by atoms with Gasteiger partial charge in [-0.25, -0.2) is 9.50 Å². The van der Waals surface area contributed by atoms with Crippen molar-refractivity contribution in [2.24, 2.45) is 0 Å². The largest absolute Gasteiger partial charge is 0.288 e. The van der Waals surface area contributed by atoms with Crippen molar-refractivity contribution in [3.05, 3.63) is 34.9 Å². The molecular weight excluding hydrogens is 264 g/mol. The lowest BCUT2D eigenvalue weighted by Gasteiger charge is -1.98. The molecule has 0 unspecified atom stereocenters. The van der Waals surface area contributed by atoms with Crippen LogP contribution in [0.1, 0.15) is 21.1 Å². The van der Waals surface area contributed by atoms with Gasteiger partial charge >= 0.3 is 0 Å². The fourth-order valence-electron chi connectivity index (χ4n) is 1.58. The van der Waals surface area contributed by atoms with Crippen LogP contribution >= 0.6 is 11.3 Å². The number of rotatable bonds is 2. The molecule has 1 amide bonds. The first kappa shape index (κ1) is 11.7. The number of hydrogen-bond donors (Lipinski definition) is 1. The summed E-state index contributed by atoms with van der Waals surface area (Å²) in [4.78, 5) is 25.8. The zero-order valence-corrected chi connectivity index (χ0v) is 11.1. The molecule has 0 saturated heterocycles. The number of hydrogen-bond acceptors (Lipinski definition) is 6. The maximum Gasteiger partial charge on any atom is 0.278 e. The lowest BCUT2D eigenvalue weighted by Crippen LogP contribution is -2.14. The molecule has 3 heterocycles. The van der Waals surface area contributed by atoms with Crippen LogP contribution in [0.5, 0.6) is 0 Å². The molecule has 0 aliphatic rings. The van der Waals surface area contributed by atoms with E-state index < -0.39 is 0 Å². The number of carbonyl (C=O) groups is 1. The Hall–Kier alpha value is -2.35. The van der Waals surface area contributed by atoms with Crippen LogP contribution in [0.4, 0.5) is 5.95 Å². The van der Waals surface area contributed by atoms with Gasteiger partial charge in [0.1, 0.15) is 5.69 Å². The molecule has 0 fully saturated rings. The van der Waals surface area contributed by atoms with Crippen LogP contribution in [0.3, 0.4) is 0 Å². The standard InChI is InChI=1S/C11H10N6OS/c1-6-7(2)19-11-15-10(16-17(6)11)14-9(18)8-5-12-3-4-13-8/h3-5H,1-2H3,(H,14,16,18). The molecule has 0 saturated carbocycles. The van der Waals surface area contributed by atoms with Crippen LogP contribution in [-0.4, -0.2) is 30.5 Å². The third kappa shape index (κ3) is 2.06. The smallest absolute Gasteiger partial charge is 0.278 e. The van der Waals surface area contributed by atoms with E-state index in [1.807, 2.05) is 13.8 Å². The van der Waals surface area contributed by atoms with E-state index in [4.69, 9.17) is 0 Å². The van der Waals surface area contributed by atoms with Gasteiger partial charge in [0.25, 0.3) is 11.9 Å². The summed E-state index contributed by atoms with van der Waals surface area (Å²) in [7, 11) is 0. The molecule has 0 aliphatic carbocycles. The fraction of sp³-hybridized carbons (Fsp3) is 0.182. The summed E-state index contributed by atoms with van der Waals surface area (Å²) < 4.78 is 1.71. The molecule has 0 aliphatic heterocycles. The molecule has 0 bridgehead atoms. The normalized spacial score (nSPS) is 10.8. The van der Waals surface area contributed by atoms with Crippen molar-refractivity contribution >= 4 is 28.2 Å². The predicted octanol–water partition coefficient (Wildman–Crippen LogP) is 1.45. The highest BCUT2D eigenvalue weighted by atomic mass is 32.1. The fourth-order valence-corrected chi connectivity index (χ4v) is 2.48. The summed E-state index contributed by atoms with van der Waals surface area (Å²) in [6.45, 7) is 3.97. The van der Waals surface area contributed by atoms with Crippen LogP contribution in [0, 0.1) is 13.8 Å². The number of anilines is 1. The van der Waals surface area contributed by atoms with Gasteiger partial charge in [0.2, 0.25) is 4.96 Å². The minimum absolute atomic E-state index is 0.230. The Kier molecular flexibility index (Phi) is 2.71. The highest BCUT2D eigenvalue weighted by Gasteiger charge is 2.14. The number of thiazole rings is 1. The topological polar surface area (TPSA) is 85.1 Å². The molecule has 3 aromatic rings. The van der Waals surface area contributed by atoms with E-state index in [-0.39, 0.29) is 17.5 Å². The van der Waals surface area contributed by atoms with Crippen LogP contribution in [-0.2, 0) is 0 Å². The summed E-state index contributed by atoms with van der Waals surface area (Å²) in [6, 6.07) is 0. The van der Waals surface area contributed by atoms with Gasteiger partial charge in [0, 0.05) is 17.3 Å². The number of aromatic nitrogens is 5. The Morgan fingerprint density at radius 2 is 2.21 bits per heavy atom. The SMILES string of the molecule is Cc1sc2nc(NC(=O)c3cnccn3)nn2c1C. The van der Waals surface area contributed by atoms with Gasteiger partial charge in [-0.05, 0) is 13.8 Å². The molecule has 0 atom stereocenters. The zero-order chi connectivity index (χ0) is 13.4. The molecule has 1 N–H and O–H groups in total. The quantitative estimate of drug-likeness (QED) is 0.764. The Morgan fingerprint density at radius 1 is 1.37 bits per heavy atom. The van der Waals surface area contributed by atoms with Crippen molar-refractivity contribution in [2.75, 3.05) is 5.32 Å². The van der Waals surface area contributed by atoms with E-state index in [1.54, 1.807) is 4.52 Å². The molecule has 19 heavy (non-hydrogen) atoms. The maximum absolute atomic E-state index is 11.9. The summed E-state index contributed by atoms with van der Waals surface area (Å²) in [5.41, 5.74) is 1.25. The van der Waals surface area contributed by atoms with Crippen molar-refractivity contribution in [2.45, 2.75) is 13.8 Å². The first-order valence-corrected chi connectivity index (χ1v) is 6.37. The number of amides is 1. The van der Waals surface area contributed by atoms with E-state index in [1.165, 1.54) is 29.9 Å². The molecule has 7 nitrogen and oxygen atoms in total. The van der Waals surface area contributed by atoms with E-state index in [0.29, 0.717) is 0 Å². The second kappa shape index (κ2) is 4.39. The molecule has 0 radical (unpaired) electrons. The van der Waals surface area contributed by atoms with Crippen molar-refractivity contribution in [3.63, 3.8) is 0 Å². The molecule has 0 spiro atoms. The van der Waals surface area contributed by atoms with E-state index >= 15 is 0 Å². The molecular formula is C11H10N6OS. The molecule has 8 heteroatoms. The second-order valence-electron chi connectivity index (χ2n) is 3.92. The monoisotopic (exact) mass is 274 g/mol. The van der Waals surface area contributed by atoms with E-state index in [9.17, 15) is 4.79 Å². The second-order valence-corrected chi connectivity index (χ2v) is 5.10. The summed E-state index contributed by atoms with van der Waals surface area (Å²) >= 11 is 1.53. The van der Waals surface area contributed by atoms with Crippen molar-refractivity contribution < 1.29 is 4.79 Å². The Balaban J connectivity index is 1.88. The van der Waals surface area contributed by atoms with E-state index in [2.05, 4.69) is 25.4 Å². The van der Waals surface area contributed by atoms with Crippen molar-refractivity contribution in [3.8, 4) is 0 Å².